The van der Waals surface area contributed by atoms with E-state index in [0.29, 0.717) is 12.3 Å². The number of allylic oxidation sites excluding steroid dienone is 1. The van der Waals surface area contributed by atoms with Gasteiger partial charge in [-0.3, -0.25) is 4.74 Å². The summed E-state index contributed by atoms with van der Waals surface area (Å²) < 4.78 is 10.7. The SMILES string of the molecule is CCOC(=O)/C=C/C(=C/c1ccccc1)N=P(c1ccccc1)(c1ccccc1)c1ccccc1. The van der Waals surface area contributed by atoms with E-state index >= 15 is 0 Å². The van der Waals surface area contributed by atoms with Gasteiger partial charge in [-0.25, -0.2) is 4.79 Å². The number of rotatable bonds is 8. The van der Waals surface area contributed by atoms with Crippen LogP contribution in [0.2, 0.25) is 0 Å². The second kappa shape index (κ2) is 12.0. The summed E-state index contributed by atoms with van der Waals surface area (Å²) in [6.45, 7) is 2.13. The first-order valence-electron chi connectivity index (χ1n) is 11.6. The Hall–Kier alpha value is -3.94. The van der Waals surface area contributed by atoms with Crippen molar-refractivity contribution in [2.75, 3.05) is 6.61 Å². The van der Waals surface area contributed by atoms with Gasteiger partial charge in [0.15, 0.2) is 0 Å². The standard InChI is InChI=1S/C31H28NO2P/c1-2-34-31(33)24-23-27(25-26-15-7-3-8-16-26)32-35(28-17-9-4-10-18-28,29-19-11-5-12-20-29)30-21-13-6-14-22-30/h3-25H,2H2,1H3/b24-23+,27-25-. The maximum atomic E-state index is 12.2. The molecule has 0 heterocycles. The molecule has 0 aliphatic heterocycles. The Morgan fingerprint density at radius 3 is 1.54 bits per heavy atom. The van der Waals surface area contributed by atoms with Crippen LogP contribution in [0.15, 0.2) is 144 Å². The number of hydrogen-bond acceptors (Lipinski definition) is 3. The van der Waals surface area contributed by atoms with E-state index in [1.807, 2.05) is 54.6 Å². The van der Waals surface area contributed by atoms with Crippen LogP contribution in [-0.2, 0) is 9.53 Å². The zero-order valence-corrected chi connectivity index (χ0v) is 20.6. The molecule has 4 aromatic rings. The predicted octanol–water partition coefficient (Wildman–Crippen LogP) is 6.32. The molecule has 0 saturated carbocycles. The lowest BCUT2D eigenvalue weighted by Gasteiger charge is -2.27. The van der Waals surface area contributed by atoms with E-state index in [-0.39, 0.29) is 5.97 Å². The van der Waals surface area contributed by atoms with Gasteiger partial charge in [0.1, 0.15) is 0 Å². The molecule has 35 heavy (non-hydrogen) atoms. The van der Waals surface area contributed by atoms with Gasteiger partial charge < -0.3 is 4.74 Å². The molecule has 174 valence electrons. The van der Waals surface area contributed by atoms with Gasteiger partial charge in [0.2, 0.25) is 0 Å². The molecule has 0 atom stereocenters. The molecule has 0 aromatic heterocycles. The molecule has 0 bridgehead atoms. The van der Waals surface area contributed by atoms with Crippen molar-refractivity contribution in [3.05, 3.63) is 145 Å². The maximum Gasteiger partial charge on any atom is 0.330 e. The Morgan fingerprint density at radius 1 is 0.686 bits per heavy atom. The van der Waals surface area contributed by atoms with Gasteiger partial charge in [0, 0.05) is 22.0 Å². The van der Waals surface area contributed by atoms with E-state index in [1.165, 1.54) is 6.08 Å². The van der Waals surface area contributed by atoms with E-state index in [9.17, 15) is 4.79 Å². The largest absolute Gasteiger partial charge is 0.463 e. The lowest BCUT2D eigenvalue weighted by Crippen LogP contribution is -2.25. The van der Waals surface area contributed by atoms with E-state index in [2.05, 4.69) is 72.8 Å². The number of benzene rings is 4. The van der Waals surface area contributed by atoms with Crippen LogP contribution in [0.3, 0.4) is 0 Å². The van der Waals surface area contributed by atoms with Gasteiger partial charge in [-0.1, -0.05) is 121 Å². The highest BCUT2D eigenvalue weighted by molar-refractivity contribution is 7.87. The second-order valence-electron chi connectivity index (χ2n) is 7.81. The summed E-state index contributed by atoms with van der Waals surface area (Å²) in [7, 11) is -2.47. The molecule has 0 aliphatic rings. The highest BCUT2D eigenvalue weighted by atomic mass is 31.2. The monoisotopic (exact) mass is 477 g/mol. The Labute approximate surface area is 207 Å². The zero-order chi connectivity index (χ0) is 24.3. The molecule has 0 radical (unpaired) electrons. The molecule has 0 spiro atoms. The molecule has 4 heteroatoms. The average molecular weight is 478 g/mol. The predicted molar refractivity (Wildman–Crippen MR) is 148 cm³/mol. The number of ether oxygens (including phenoxy) is 1. The van der Waals surface area contributed by atoms with Crippen LogP contribution in [-0.4, -0.2) is 12.6 Å². The highest BCUT2D eigenvalue weighted by Crippen LogP contribution is 2.48. The fourth-order valence-corrected chi connectivity index (χ4v) is 7.42. The molecular formula is C31H28NO2P. The Kier molecular flexibility index (Phi) is 8.27. The van der Waals surface area contributed by atoms with Crippen LogP contribution in [0.1, 0.15) is 12.5 Å². The van der Waals surface area contributed by atoms with E-state index < -0.39 is 7.05 Å². The van der Waals surface area contributed by atoms with Gasteiger partial charge in [0.25, 0.3) is 0 Å². The van der Waals surface area contributed by atoms with Crippen LogP contribution in [0.5, 0.6) is 0 Å². The van der Waals surface area contributed by atoms with Gasteiger partial charge in [-0.05, 0) is 24.6 Å². The minimum atomic E-state index is -2.47. The summed E-state index contributed by atoms with van der Waals surface area (Å²) in [6, 6.07) is 41.3. The van der Waals surface area contributed by atoms with Gasteiger partial charge in [-0.2, -0.15) is 0 Å². The van der Waals surface area contributed by atoms with Gasteiger partial charge in [-0.15, -0.1) is 0 Å². The molecule has 3 nitrogen and oxygen atoms in total. The van der Waals surface area contributed by atoms with E-state index in [0.717, 1.165) is 21.5 Å². The number of carbonyl (C=O) groups excluding carboxylic acids is 1. The molecule has 4 rings (SSSR count). The second-order valence-corrected chi connectivity index (χ2v) is 10.8. The summed E-state index contributed by atoms with van der Waals surface area (Å²) in [5.41, 5.74) is 1.71. The third-order valence-electron chi connectivity index (χ3n) is 5.45. The smallest absolute Gasteiger partial charge is 0.330 e. The first-order valence-corrected chi connectivity index (χ1v) is 13.4. The van der Waals surface area contributed by atoms with Crippen molar-refractivity contribution in [3.63, 3.8) is 0 Å². The first kappa shape index (κ1) is 24.2. The van der Waals surface area contributed by atoms with Crippen molar-refractivity contribution in [2.45, 2.75) is 6.92 Å². The van der Waals surface area contributed by atoms with Crippen LogP contribution >= 0.6 is 7.05 Å². The Balaban J connectivity index is 2.05. The van der Waals surface area contributed by atoms with E-state index in [4.69, 9.17) is 9.48 Å². The molecule has 0 fully saturated rings. The summed E-state index contributed by atoms with van der Waals surface area (Å²) in [4.78, 5) is 12.2. The third-order valence-corrected chi connectivity index (χ3v) is 9.11. The normalized spacial score (nSPS) is 11.9. The molecule has 0 saturated heterocycles. The van der Waals surface area contributed by atoms with Crippen molar-refractivity contribution < 1.29 is 9.53 Å². The minimum Gasteiger partial charge on any atom is -0.463 e. The van der Waals surface area contributed by atoms with Crippen LogP contribution in [0.4, 0.5) is 0 Å². The Morgan fingerprint density at radius 2 is 1.11 bits per heavy atom. The fourth-order valence-electron chi connectivity index (χ4n) is 3.90. The number of carbonyl (C=O) groups is 1. The number of hydrogen-bond donors (Lipinski definition) is 0. The van der Waals surface area contributed by atoms with Crippen molar-refractivity contribution in [1.29, 1.82) is 0 Å². The third kappa shape index (κ3) is 5.95. The fraction of sp³-hybridized carbons (Fsp3) is 0.0645. The van der Waals surface area contributed by atoms with Crippen molar-refractivity contribution >= 4 is 35.0 Å². The van der Waals surface area contributed by atoms with Crippen molar-refractivity contribution in [1.82, 2.24) is 0 Å². The molecule has 0 aliphatic carbocycles. The highest BCUT2D eigenvalue weighted by Gasteiger charge is 2.27. The lowest BCUT2D eigenvalue weighted by atomic mass is 10.2. The van der Waals surface area contributed by atoms with Gasteiger partial charge >= 0.3 is 5.97 Å². The number of nitrogens with zero attached hydrogens (tertiary/aromatic N) is 1. The van der Waals surface area contributed by atoms with Crippen molar-refractivity contribution in [2.24, 2.45) is 4.74 Å². The first-order chi connectivity index (χ1) is 17.2. The van der Waals surface area contributed by atoms with Gasteiger partial charge in [0.05, 0.1) is 19.4 Å². The van der Waals surface area contributed by atoms with Crippen LogP contribution in [0, 0.1) is 0 Å². The van der Waals surface area contributed by atoms with Crippen LogP contribution in [0.25, 0.3) is 6.08 Å². The number of esters is 1. The average Bonchev–Trinajstić information content (AvgIpc) is 2.92. The van der Waals surface area contributed by atoms with Crippen LogP contribution < -0.4 is 15.9 Å². The molecule has 0 amide bonds. The quantitative estimate of drug-likeness (QED) is 0.129. The summed E-state index contributed by atoms with van der Waals surface area (Å²) in [6.07, 6.45) is 5.23. The van der Waals surface area contributed by atoms with E-state index in [1.54, 1.807) is 13.0 Å². The zero-order valence-electron chi connectivity index (χ0n) is 19.7. The molecule has 0 N–H and O–H groups in total. The Bertz CT molecular complexity index is 1240. The lowest BCUT2D eigenvalue weighted by molar-refractivity contribution is -0.137. The summed E-state index contributed by atoms with van der Waals surface area (Å²) in [5, 5.41) is 3.42. The molecule has 0 unspecified atom stereocenters. The topological polar surface area (TPSA) is 38.7 Å². The van der Waals surface area contributed by atoms with Crippen molar-refractivity contribution in [3.8, 4) is 0 Å². The maximum absolute atomic E-state index is 12.2. The minimum absolute atomic E-state index is 0.326. The summed E-state index contributed by atoms with van der Waals surface area (Å²) >= 11 is 0. The molecule has 4 aromatic carbocycles. The summed E-state index contributed by atoms with van der Waals surface area (Å²) in [5.74, 6) is -0.385. The molecular weight excluding hydrogens is 449 g/mol.